The highest BCUT2D eigenvalue weighted by Gasteiger charge is 2.13. The second-order valence-corrected chi connectivity index (χ2v) is 6.44. The van der Waals surface area contributed by atoms with E-state index in [1.165, 1.54) is 0 Å². The van der Waals surface area contributed by atoms with Crippen LogP contribution in [0, 0.1) is 11.3 Å². The number of carbonyl (C=O) groups excluding carboxylic acids is 1. The van der Waals surface area contributed by atoms with E-state index < -0.39 is 0 Å². The van der Waals surface area contributed by atoms with Crippen LogP contribution >= 0.6 is 0 Å². The topological polar surface area (TPSA) is 65.4 Å². The van der Waals surface area contributed by atoms with Gasteiger partial charge in [-0.2, -0.15) is 5.26 Å². The van der Waals surface area contributed by atoms with E-state index >= 15 is 0 Å². The first-order chi connectivity index (χ1) is 13.0. The standard InChI is InChI=1S/C22H25N3O2/c1-17(2)25(15-19-7-5-4-6-8-19)16-20(13-23)22(26)24-14-18-9-11-21(27-3)12-10-18/h4-12,16-17H,14-15H2,1-3H3,(H,24,26)/b20-16-. The minimum Gasteiger partial charge on any atom is -0.497 e. The smallest absolute Gasteiger partial charge is 0.263 e. The molecular formula is C22H25N3O2. The van der Waals surface area contributed by atoms with Crippen LogP contribution in [0.5, 0.6) is 5.75 Å². The molecule has 0 saturated carbocycles. The molecule has 0 aromatic heterocycles. The zero-order valence-electron chi connectivity index (χ0n) is 16.0. The summed E-state index contributed by atoms with van der Waals surface area (Å²) >= 11 is 0. The highest BCUT2D eigenvalue weighted by atomic mass is 16.5. The van der Waals surface area contributed by atoms with Crippen LogP contribution < -0.4 is 10.1 Å². The van der Waals surface area contributed by atoms with Crippen LogP contribution in [-0.4, -0.2) is 24.0 Å². The van der Waals surface area contributed by atoms with E-state index in [0.29, 0.717) is 13.1 Å². The zero-order chi connectivity index (χ0) is 19.6. The monoisotopic (exact) mass is 363 g/mol. The quantitative estimate of drug-likeness (QED) is 0.574. The zero-order valence-corrected chi connectivity index (χ0v) is 16.0. The Labute approximate surface area is 160 Å². The van der Waals surface area contributed by atoms with Crippen LogP contribution in [-0.2, 0) is 17.9 Å². The third kappa shape index (κ3) is 6.19. The van der Waals surface area contributed by atoms with Gasteiger partial charge in [0.15, 0.2) is 0 Å². The number of benzene rings is 2. The molecule has 0 atom stereocenters. The van der Waals surface area contributed by atoms with Gasteiger partial charge in [-0.05, 0) is 37.1 Å². The molecule has 1 N–H and O–H groups in total. The predicted octanol–water partition coefficient (Wildman–Crippen LogP) is 3.63. The first-order valence-corrected chi connectivity index (χ1v) is 8.86. The number of hydrogen-bond donors (Lipinski definition) is 1. The Morgan fingerprint density at radius 2 is 1.81 bits per heavy atom. The van der Waals surface area contributed by atoms with Crippen LogP contribution in [0.3, 0.4) is 0 Å². The van der Waals surface area contributed by atoms with Crippen LogP contribution in [0.15, 0.2) is 66.4 Å². The van der Waals surface area contributed by atoms with Gasteiger partial charge in [0, 0.05) is 25.3 Å². The number of amides is 1. The highest BCUT2D eigenvalue weighted by molar-refractivity contribution is 5.97. The molecule has 0 spiro atoms. The van der Waals surface area contributed by atoms with Gasteiger partial charge in [0.1, 0.15) is 17.4 Å². The lowest BCUT2D eigenvalue weighted by Crippen LogP contribution is -2.29. The summed E-state index contributed by atoms with van der Waals surface area (Å²) in [6.45, 7) is 5.05. The number of nitrogens with zero attached hydrogens (tertiary/aromatic N) is 2. The van der Waals surface area contributed by atoms with Crippen molar-refractivity contribution in [2.24, 2.45) is 0 Å². The second kappa shape index (κ2) is 10.0. The third-order valence-electron chi connectivity index (χ3n) is 4.14. The summed E-state index contributed by atoms with van der Waals surface area (Å²) in [5.74, 6) is 0.378. The van der Waals surface area contributed by atoms with Gasteiger partial charge in [-0.3, -0.25) is 4.79 Å². The number of nitriles is 1. The lowest BCUT2D eigenvalue weighted by molar-refractivity contribution is -0.117. The van der Waals surface area contributed by atoms with E-state index in [1.807, 2.05) is 79.4 Å². The van der Waals surface area contributed by atoms with E-state index in [2.05, 4.69) is 5.32 Å². The Morgan fingerprint density at radius 1 is 1.15 bits per heavy atom. The van der Waals surface area contributed by atoms with E-state index in [4.69, 9.17) is 4.74 Å². The number of carbonyl (C=O) groups is 1. The molecule has 0 bridgehead atoms. The van der Waals surface area contributed by atoms with Gasteiger partial charge in [-0.25, -0.2) is 0 Å². The van der Waals surface area contributed by atoms with Gasteiger partial charge in [-0.1, -0.05) is 42.5 Å². The highest BCUT2D eigenvalue weighted by Crippen LogP contribution is 2.12. The van der Waals surface area contributed by atoms with E-state index in [-0.39, 0.29) is 17.5 Å². The molecule has 2 aromatic carbocycles. The Hall–Kier alpha value is -3.26. The van der Waals surface area contributed by atoms with Gasteiger partial charge in [-0.15, -0.1) is 0 Å². The first kappa shape index (κ1) is 20.1. The van der Waals surface area contributed by atoms with Crippen molar-refractivity contribution in [1.29, 1.82) is 5.26 Å². The summed E-state index contributed by atoms with van der Waals surface area (Å²) in [7, 11) is 1.61. The van der Waals surface area contributed by atoms with Gasteiger partial charge in [0.05, 0.1) is 7.11 Å². The van der Waals surface area contributed by atoms with Crippen LogP contribution in [0.25, 0.3) is 0 Å². The molecular weight excluding hydrogens is 338 g/mol. The van der Waals surface area contributed by atoms with Crippen molar-refractivity contribution in [3.05, 3.63) is 77.5 Å². The van der Waals surface area contributed by atoms with Gasteiger partial charge < -0.3 is 15.0 Å². The average Bonchev–Trinajstić information content (AvgIpc) is 2.70. The minimum absolute atomic E-state index is 0.0909. The Bertz CT molecular complexity index is 806. The van der Waals surface area contributed by atoms with Crippen molar-refractivity contribution in [1.82, 2.24) is 10.2 Å². The summed E-state index contributed by atoms with van der Waals surface area (Å²) in [4.78, 5) is 14.4. The summed E-state index contributed by atoms with van der Waals surface area (Å²) in [6.07, 6.45) is 1.64. The molecule has 5 heteroatoms. The van der Waals surface area contributed by atoms with Crippen molar-refractivity contribution in [2.75, 3.05) is 7.11 Å². The molecule has 5 nitrogen and oxygen atoms in total. The van der Waals surface area contributed by atoms with Crippen molar-refractivity contribution >= 4 is 5.91 Å². The summed E-state index contributed by atoms with van der Waals surface area (Å²) in [5, 5.41) is 12.2. The molecule has 0 unspecified atom stereocenters. The first-order valence-electron chi connectivity index (χ1n) is 8.86. The Kier molecular flexibility index (Phi) is 7.45. The van der Waals surface area contributed by atoms with E-state index in [1.54, 1.807) is 13.3 Å². The van der Waals surface area contributed by atoms with Crippen molar-refractivity contribution < 1.29 is 9.53 Å². The lowest BCUT2D eigenvalue weighted by Gasteiger charge is -2.25. The fourth-order valence-corrected chi connectivity index (χ4v) is 2.50. The molecule has 0 radical (unpaired) electrons. The van der Waals surface area contributed by atoms with Crippen molar-refractivity contribution in [3.8, 4) is 11.8 Å². The summed E-state index contributed by atoms with van der Waals surface area (Å²) in [5.41, 5.74) is 2.15. The van der Waals surface area contributed by atoms with Crippen LogP contribution in [0.2, 0.25) is 0 Å². The summed E-state index contributed by atoms with van der Waals surface area (Å²) in [6, 6.07) is 19.6. The van der Waals surface area contributed by atoms with Crippen LogP contribution in [0.1, 0.15) is 25.0 Å². The third-order valence-corrected chi connectivity index (χ3v) is 4.14. The molecule has 2 rings (SSSR count). The predicted molar refractivity (Wildman–Crippen MR) is 106 cm³/mol. The van der Waals surface area contributed by atoms with Crippen LogP contribution in [0.4, 0.5) is 0 Å². The van der Waals surface area contributed by atoms with Crippen molar-refractivity contribution in [2.45, 2.75) is 33.0 Å². The lowest BCUT2D eigenvalue weighted by atomic mass is 10.1. The number of nitrogens with one attached hydrogen (secondary N) is 1. The number of rotatable bonds is 8. The number of hydrogen-bond acceptors (Lipinski definition) is 4. The SMILES string of the molecule is COc1ccc(CNC(=O)/C(C#N)=C\N(Cc2ccccc2)C(C)C)cc1. The molecule has 0 aliphatic heterocycles. The molecule has 140 valence electrons. The fraction of sp³-hybridized carbons (Fsp3) is 0.273. The van der Waals surface area contributed by atoms with Gasteiger partial charge in [0.2, 0.25) is 0 Å². The summed E-state index contributed by atoms with van der Waals surface area (Å²) < 4.78 is 5.12. The van der Waals surface area contributed by atoms with E-state index in [0.717, 1.165) is 16.9 Å². The average molecular weight is 363 g/mol. The molecule has 0 aliphatic carbocycles. The fourth-order valence-electron chi connectivity index (χ4n) is 2.50. The Balaban J connectivity index is 2.04. The molecule has 0 fully saturated rings. The maximum absolute atomic E-state index is 12.4. The molecule has 27 heavy (non-hydrogen) atoms. The number of ether oxygens (including phenoxy) is 1. The molecule has 0 saturated heterocycles. The molecule has 0 aliphatic rings. The van der Waals surface area contributed by atoms with Crippen molar-refractivity contribution in [3.63, 3.8) is 0 Å². The normalized spacial score (nSPS) is 11.0. The molecule has 0 heterocycles. The molecule has 2 aromatic rings. The largest absolute Gasteiger partial charge is 0.497 e. The Morgan fingerprint density at radius 3 is 2.37 bits per heavy atom. The number of methoxy groups -OCH3 is 1. The maximum Gasteiger partial charge on any atom is 0.263 e. The van der Waals surface area contributed by atoms with Gasteiger partial charge in [0.25, 0.3) is 5.91 Å². The minimum atomic E-state index is -0.382. The maximum atomic E-state index is 12.4. The van der Waals surface area contributed by atoms with Gasteiger partial charge >= 0.3 is 0 Å². The molecule has 1 amide bonds. The second-order valence-electron chi connectivity index (χ2n) is 6.44. The van der Waals surface area contributed by atoms with E-state index in [9.17, 15) is 10.1 Å².